The Hall–Kier alpha value is -0.570. The molecule has 0 aromatic rings. The molecule has 0 aromatic heterocycles. The first-order chi connectivity index (χ1) is 5.57. The molecule has 1 rings (SSSR count). The van der Waals surface area contributed by atoms with Crippen LogP contribution in [0.2, 0.25) is 0 Å². The maximum absolute atomic E-state index is 11.4. The van der Waals surface area contributed by atoms with Gasteiger partial charge in [-0.15, -0.1) is 0 Å². The molecule has 0 saturated heterocycles. The smallest absolute Gasteiger partial charge is 0.237 e. The van der Waals surface area contributed by atoms with Gasteiger partial charge in [0.15, 0.2) is 0 Å². The van der Waals surface area contributed by atoms with Crippen molar-refractivity contribution < 1.29 is 4.79 Å². The highest BCUT2D eigenvalue weighted by Gasteiger charge is 2.33. The van der Waals surface area contributed by atoms with E-state index >= 15 is 0 Å². The number of hydrogen-bond acceptors (Lipinski definition) is 2. The van der Waals surface area contributed by atoms with Gasteiger partial charge in [-0.3, -0.25) is 4.79 Å². The Bertz CT molecular complexity index is 175. The number of nitrogens with one attached hydrogen (secondary N) is 2. The van der Waals surface area contributed by atoms with Gasteiger partial charge in [0.2, 0.25) is 5.91 Å². The first kappa shape index (κ1) is 9.52. The van der Waals surface area contributed by atoms with Gasteiger partial charge in [0.1, 0.15) is 0 Å². The Morgan fingerprint density at radius 1 is 1.50 bits per heavy atom. The van der Waals surface area contributed by atoms with Gasteiger partial charge in [-0.25, -0.2) is 0 Å². The second-order valence-electron chi connectivity index (χ2n) is 3.91. The van der Waals surface area contributed by atoms with Crippen LogP contribution >= 0.6 is 0 Å². The summed E-state index contributed by atoms with van der Waals surface area (Å²) in [7, 11) is 1.80. The van der Waals surface area contributed by atoms with E-state index in [9.17, 15) is 4.79 Å². The quantitative estimate of drug-likeness (QED) is 0.653. The summed E-state index contributed by atoms with van der Waals surface area (Å²) in [6.45, 7) is 3.98. The summed E-state index contributed by atoms with van der Waals surface area (Å²) < 4.78 is 0. The maximum atomic E-state index is 11.4. The molecule has 3 heteroatoms. The predicted molar refractivity (Wildman–Crippen MR) is 48.9 cm³/mol. The highest BCUT2D eigenvalue weighted by atomic mass is 16.2. The second-order valence-corrected chi connectivity index (χ2v) is 3.91. The fraction of sp³-hybridized carbons (Fsp3) is 0.889. The Morgan fingerprint density at radius 3 is 2.42 bits per heavy atom. The normalized spacial score (nSPS) is 22.6. The van der Waals surface area contributed by atoms with Crippen molar-refractivity contribution in [3.8, 4) is 0 Å². The van der Waals surface area contributed by atoms with Gasteiger partial charge in [-0.05, 0) is 40.2 Å². The van der Waals surface area contributed by atoms with Crippen molar-refractivity contribution in [3.05, 3.63) is 0 Å². The number of amides is 1. The molecule has 0 heterocycles. The lowest BCUT2D eigenvalue weighted by molar-refractivity contribution is -0.125. The van der Waals surface area contributed by atoms with E-state index in [4.69, 9.17) is 0 Å². The molecular weight excluding hydrogens is 152 g/mol. The molecule has 0 aromatic carbocycles. The van der Waals surface area contributed by atoms with Crippen molar-refractivity contribution >= 4 is 5.91 Å². The molecular formula is C9H18N2O. The van der Waals surface area contributed by atoms with Crippen LogP contribution in [-0.2, 0) is 4.79 Å². The third-order valence-electron chi connectivity index (χ3n) is 2.71. The molecule has 12 heavy (non-hydrogen) atoms. The fourth-order valence-corrected chi connectivity index (χ4v) is 1.37. The van der Waals surface area contributed by atoms with Crippen LogP contribution < -0.4 is 10.6 Å². The van der Waals surface area contributed by atoms with Gasteiger partial charge in [0.25, 0.3) is 0 Å². The minimum Gasteiger partial charge on any atom is -0.350 e. The van der Waals surface area contributed by atoms with E-state index in [1.165, 1.54) is 6.42 Å². The van der Waals surface area contributed by atoms with Crippen molar-refractivity contribution in [1.29, 1.82) is 0 Å². The molecule has 1 amide bonds. The van der Waals surface area contributed by atoms with Gasteiger partial charge < -0.3 is 10.6 Å². The lowest BCUT2D eigenvalue weighted by atomic mass is 9.78. The van der Waals surface area contributed by atoms with Gasteiger partial charge in [-0.1, -0.05) is 0 Å². The molecule has 70 valence electrons. The minimum atomic E-state index is -0.0811. The number of carbonyl (C=O) groups excluding carboxylic acids is 1. The number of hydrogen-bond donors (Lipinski definition) is 2. The zero-order valence-corrected chi connectivity index (χ0v) is 8.11. The summed E-state index contributed by atoms with van der Waals surface area (Å²) in [5.41, 5.74) is 0.0855. The Labute approximate surface area is 73.9 Å². The molecule has 0 aliphatic heterocycles. The van der Waals surface area contributed by atoms with E-state index < -0.39 is 0 Å². The molecule has 1 aliphatic rings. The van der Waals surface area contributed by atoms with Crippen molar-refractivity contribution in [2.24, 2.45) is 0 Å². The summed E-state index contributed by atoms with van der Waals surface area (Å²) in [6.07, 6.45) is 3.48. The average molecular weight is 170 g/mol. The predicted octanol–water partition coefficient (Wildman–Crippen LogP) is 0.653. The van der Waals surface area contributed by atoms with Gasteiger partial charge >= 0.3 is 0 Å². The third kappa shape index (κ3) is 1.97. The Morgan fingerprint density at radius 2 is 2.08 bits per heavy atom. The SMILES string of the molecule is CNC(C)C(=O)NC1(C)CCC1. The largest absolute Gasteiger partial charge is 0.350 e. The summed E-state index contributed by atoms with van der Waals surface area (Å²) >= 11 is 0. The van der Waals surface area contributed by atoms with Crippen LogP contribution in [-0.4, -0.2) is 24.5 Å². The number of likely N-dealkylation sites (N-methyl/N-ethyl adjacent to an activating group) is 1. The van der Waals surface area contributed by atoms with Gasteiger partial charge in [0.05, 0.1) is 6.04 Å². The minimum absolute atomic E-state index is 0.0811. The van der Waals surface area contributed by atoms with Crippen LogP contribution in [0.1, 0.15) is 33.1 Å². The van der Waals surface area contributed by atoms with E-state index in [0.29, 0.717) is 0 Å². The molecule has 1 fully saturated rings. The highest BCUT2D eigenvalue weighted by Crippen LogP contribution is 2.30. The van der Waals surface area contributed by atoms with E-state index in [1.54, 1.807) is 7.05 Å². The lowest BCUT2D eigenvalue weighted by Gasteiger charge is -2.39. The zero-order valence-electron chi connectivity index (χ0n) is 8.11. The third-order valence-corrected chi connectivity index (χ3v) is 2.71. The van der Waals surface area contributed by atoms with E-state index in [0.717, 1.165) is 12.8 Å². The van der Waals surface area contributed by atoms with Crippen LogP contribution in [0, 0.1) is 0 Å². The zero-order chi connectivity index (χ0) is 9.19. The van der Waals surface area contributed by atoms with Crippen molar-refractivity contribution in [1.82, 2.24) is 10.6 Å². The molecule has 1 saturated carbocycles. The molecule has 1 unspecified atom stereocenters. The first-order valence-corrected chi connectivity index (χ1v) is 4.57. The maximum Gasteiger partial charge on any atom is 0.237 e. The standard InChI is InChI=1S/C9H18N2O/c1-7(10-3)8(12)11-9(2)5-4-6-9/h7,10H,4-6H2,1-3H3,(H,11,12). The topological polar surface area (TPSA) is 41.1 Å². The average Bonchev–Trinajstić information content (AvgIpc) is 2.00. The Balaban J connectivity index is 2.35. The van der Waals surface area contributed by atoms with Crippen molar-refractivity contribution in [2.45, 2.75) is 44.7 Å². The van der Waals surface area contributed by atoms with Gasteiger partial charge in [-0.2, -0.15) is 0 Å². The molecule has 0 bridgehead atoms. The lowest BCUT2D eigenvalue weighted by Crippen LogP contribution is -2.55. The molecule has 3 nitrogen and oxygen atoms in total. The molecule has 0 radical (unpaired) electrons. The molecule has 1 atom stereocenters. The fourth-order valence-electron chi connectivity index (χ4n) is 1.37. The van der Waals surface area contributed by atoms with Crippen molar-refractivity contribution in [2.75, 3.05) is 7.05 Å². The summed E-state index contributed by atoms with van der Waals surface area (Å²) in [5.74, 6) is 0.111. The first-order valence-electron chi connectivity index (χ1n) is 4.57. The van der Waals surface area contributed by atoms with Crippen LogP contribution in [0.3, 0.4) is 0 Å². The van der Waals surface area contributed by atoms with Crippen LogP contribution in [0.25, 0.3) is 0 Å². The number of carbonyl (C=O) groups is 1. The van der Waals surface area contributed by atoms with E-state index in [2.05, 4.69) is 17.6 Å². The van der Waals surface area contributed by atoms with Crippen molar-refractivity contribution in [3.63, 3.8) is 0 Å². The van der Waals surface area contributed by atoms with E-state index in [-0.39, 0.29) is 17.5 Å². The van der Waals surface area contributed by atoms with E-state index in [1.807, 2.05) is 6.92 Å². The summed E-state index contributed by atoms with van der Waals surface area (Å²) in [5, 5.41) is 5.97. The monoisotopic (exact) mass is 170 g/mol. The van der Waals surface area contributed by atoms with Crippen LogP contribution in [0.4, 0.5) is 0 Å². The molecule has 0 spiro atoms. The highest BCUT2D eigenvalue weighted by molar-refractivity contribution is 5.82. The Kier molecular flexibility index (Phi) is 2.73. The van der Waals surface area contributed by atoms with Crippen LogP contribution in [0.15, 0.2) is 0 Å². The summed E-state index contributed by atoms with van der Waals surface area (Å²) in [4.78, 5) is 11.4. The number of rotatable bonds is 3. The van der Waals surface area contributed by atoms with Crippen LogP contribution in [0.5, 0.6) is 0 Å². The molecule has 1 aliphatic carbocycles. The molecule has 2 N–H and O–H groups in total. The summed E-state index contributed by atoms with van der Waals surface area (Å²) in [6, 6.07) is -0.0811. The van der Waals surface area contributed by atoms with Gasteiger partial charge in [0, 0.05) is 5.54 Å². The second kappa shape index (κ2) is 3.44.